The van der Waals surface area contributed by atoms with E-state index in [-0.39, 0.29) is 12.6 Å². The molecule has 0 heterocycles. The molecular weight excluding hydrogens is 310 g/mol. The van der Waals surface area contributed by atoms with Crippen molar-refractivity contribution in [2.24, 2.45) is 0 Å². The molecule has 0 fully saturated rings. The lowest BCUT2D eigenvalue weighted by atomic mass is 10.2. The van der Waals surface area contributed by atoms with Crippen LogP contribution >= 0.6 is 31.9 Å². The lowest BCUT2D eigenvalue weighted by Crippen LogP contribution is -2.28. The Morgan fingerprint density at radius 3 is 2.36 bits per heavy atom. The summed E-state index contributed by atoms with van der Waals surface area (Å²) in [5.74, 6) is 0. The van der Waals surface area contributed by atoms with E-state index >= 15 is 0 Å². The minimum Gasteiger partial charge on any atom is -0.395 e. The van der Waals surface area contributed by atoms with Crippen LogP contribution in [-0.2, 0) is 6.54 Å². The highest BCUT2D eigenvalue weighted by molar-refractivity contribution is 9.11. The predicted molar refractivity (Wildman–Crippen MR) is 65.2 cm³/mol. The van der Waals surface area contributed by atoms with Gasteiger partial charge in [0, 0.05) is 21.5 Å². The van der Waals surface area contributed by atoms with E-state index < -0.39 is 0 Å². The summed E-state index contributed by atoms with van der Waals surface area (Å²) in [6.45, 7) is 2.88. The highest BCUT2D eigenvalue weighted by Gasteiger charge is 2.00. The summed E-state index contributed by atoms with van der Waals surface area (Å²) in [6, 6.07) is 6.25. The van der Waals surface area contributed by atoms with Gasteiger partial charge in [-0.3, -0.25) is 0 Å². The van der Waals surface area contributed by atoms with Crippen LogP contribution in [0.5, 0.6) is 0 Å². The number of hydrogen-bond acceptors (Lipinski definition) is 2. The smallest absolute Gasteiger partial charge is 0.0582 e. The Morgan fingerprint density at radius 2 is 1.86 bits per heavy atom. The number of nitrogens with one attached hydrogen (secondary N) is 1. The first-order valence-corrected chi connectivity index (χ1v) is 5.99. The van der Waals surface area contributed by atoms with E-state index in [0.717, 1.165) is 15.5 Å². The molecule has 14 heavy (non-hydrogen) atoms. The van der Waals surface area contributed by atoms with Gasteiger partial charge < -0.3 is 10.4 Å². The van der Waals surface area contributed by atoms with Gasteiger partial charge in [-0.25, -0.2) is 0 Å². The second-order valence-electron chi connectivity index (χ2n) is 3.24. The maximum Gasteiger partial charge on any atom is 0.0582 e. The molecule has 4 heteroatoms. The third-order valence-electron chi connectivity index (χ3n) is 1.85. The second-order valence-corrected chi connectivity index (χ2v) is 5.07. The van der Waals surface area contributed by atoms with Gasteiger partial charge in [-0.05, 0) is 30.7 Å². The van der Waals surface area contributed by atoms with Gasteiger partial charge in [-0.15, -0.1) is 0 Å². The second kappa shape index (κ2) is 5.85. The Labute approximate surface area is 101 Å². The minimum atomic E-state index is 0.132. The maximum absolute atomic E-state index is 8.84. The number of aliphatic hydroxyl groups is 1. The zero-order valence-corrected chi connectivity index (χ0v) is 11.1. The van der Waals surface area contributed by atoms with Crippen LogP contribution in [0.25, 0.3) is 0 Å². The molecule has 0 saturated heterocycles. The quantitative estimate of drug-likeness (QED) is 0.893. The van der Waals surface area contributed by atoms with E-state index in [2.05, 4.69) is 49.3 Å². The Balaban J connectivity index is 2.58. The molecule has 1 unspecified atom stereocenters. The number of aliphatic hydroxyl groups excluding tert-OH is 1. The van der Waals surface area contributed by atoms with Crippen molar-refractivity contribution >= 4 is 31.9 Å². The molecule has 0 radical (unpaired) electrons. The molecule has 0 aliphatic carbocycles. The summed E-state index contributed by atoms with van der Waals surface area (Å²) < 4.78 is 2.11. The van der Waals surface area contributed by atoms with Crippen LogP contribution in [0.15, 0.2) is 27.1 Å². The van der Waals surface area contributed by atoms with Crippen molar-refractivity contribution in [3.63, 3.8) is 0 Å². The first kappa shape index (κ1) is 12.2. The third kappa shape index (κ3) is 4.09. The highest BCUT2D eigenvalue weighted by Crippen LogP contribution is 2.19. The summed E-state index contributed by atoms with van der Waals surface area (Å²) in [5.41, 5.74) is 1.19. The number of hydrogen-bond donors (Lipinski definition) is 2. The molecule has 0 aromatic heterocycles. The monoisotopic (exact) mass is 321 g/mol. The average Bonchev–Trinajstić information content (AvgIpc) is 2.12. The van der Waals surface area contributed by atoms with Gasteiger partial charge in [-0.1, -0.05) is 31.9 Å². The lowest BCUT2D eigenvalue weighted by molar-refractivity contribution is 0.251. The number of rotatable bonds is 4. The van der Waals surface area contributed by atoms with Crippen molar-refractivity contribution in [2.75, 3.05) is 6.61 Å². The van der Waals surface area contributed by atoms with Crippen molar-refractivity contribution < 1.29 is 5.11 Å². The molecule has 2 N–H and O–H groups in total. The normalized spacial score (nSPS) is 12.9. The van der Waals surface area contributed by atoms with Crippen LogP contribution < -0.4 is 5.32 Å². The van der Waals surface area contributed by atoms with Crippen LogP contribution in [0.4, 0.5) is 0 Å². The molecule has 0 saturated carbocycles. The van der Waals surface area contributed by atoms with E-state index in [9.17, 15) is 0 Å². The van der Waals surface area contributed by atoms with E-state index in [1.807, 2.05) is 13.0 Å². The molecule has 1 atom stereocenters. The number of halogens is 2. The van der Waals surface area contributed by atoms with Gasteiger partial charge in [0.2, 0.25) is 0 Å². The van der Waals surface area contributed by atoms with Gasteiger partial charge in [0.15, 0.2) is 0 Å². The lowest BCUT2D eigenvalue weighted by Gasteiger charge is -2.10. The summed E-state index contributed by atoms with van der Waals surface area (Å²) in [4.78, 5) is 0. The van der Waals surface area contributed by atoms with Crippen LogP contribution in [0.3, 0.4) is 0 Å². The van der Waals surface area contributed by atoms with Gasteiger partial charge in [0.05, 0.1) is 6.61 Å². The molecule has 2 nitrogen and oxygen atoms in total. The van der Waals surface area contributed by atoms with E-state index in [4.69, 9.17) is 5.11 Å². The van der Waals surface area contributed by atoms with Gasteiger partial charge in [0.25, 0.3) is 0 Å². The predicted octanol–water partition coefficient (Wildman–Crippen LogP) is 2.68. The van der Waals surface area contributed by atoms with Crippen LogP contribution in [0.2, 0.25) is 0 Å². The Hall–Kier alpha value is 0.1000. The molecule has 1 aromatic rings. The molecule has 0 spiro atoms. The van der Waals surface area contributed by atoms with E-state index in [1.54, 1.807) is 0 Å². The fraction of sp³-hybridized carbons (Fsp3) is 0.400. The first-order valence-electron chi connectivity index (χ1n) is 4.41. The first-order chi connectivity index (χ1) is 6.61. The summed E-state index contributed by atoms with van der Waals surface area (Å²) in [5, 5.41) is 12.1. The summed E-state index contributed by atoms with van der Waals surface area (Å²) in [7, 11) is 0. The minimum absolute atomic E-state index is 0.132. The van der Waals surface area contributed by atoms with Gasteiger partial charge in [0.1, 0.15) is 0 Å². The molecule has 0 amide bonds. The topological polar surface area (TPSA) is 32.3 Å². The highest BCUT2D eigenvalue weighted by atomic mass is 79.9. The van der Waals surface area contributed by atoms with Crippen molar-refractivity contribution in [2.45, 2.75) is 19.5 Å². The SMILES string of the molecule is CC(CO)NCc1cc(Br)cc(Br)c1. The van der Waals surface area contributed by atoms with Crippen molar-refractivity contribution in [1.29, 1.82) is 0 Å². The Kier molecular flexibility index (Phi) is 5.09. The zero-order chi connectivity index (χ0) is 10.6. The van der Waals surface area contributed by atoms with Crippen molar-refractivity contribution in [3.05, 3.63) is 32.7 Å². The summed E-state index contributed by atoms with van der Waals surface area (Å²) in [6.07, 6.45) is 0. The maximum atomic E-state index is 8.84. The molecule has 0 aliphatic heterocycles. The fourth-order valence-corrected chi connectivity index (χ4v) is 2.46. The largest absolute Gasteiger partial charge is 0.395 e. The molecular formula is C10H13Br2NO. The van der Waals surface area contributed by atoms with Gasteiger partial charge >= 0.3 is 0 Å². The van der Waals surface area contributed by atoms with E-state index in [1.165, 1.54) is 5.56 Å². The molecule has 1 aromatic carbocycles. The summed E-state index contributed by atoms with van der Waals surface area (Å²) >= 11 is 6.86. The average molecular weight is 323 g/mol. The molecule has 78 valence electrons. The standard InChI is InChI=1S/C10H13Br2NO/c1-7(6-14)13-5-8-2-9(11)4-10(12)3-8/h2-4,7,13-14H,5-6H2,1H3. The van der Waals surface area contributed by atoms with Crippen molar-refractivity contribution in [3.8, 4) is 0 Å². The third-order valence-corrected chi connectivity index (χ3v) is 2.77. The number of benzene rings is 1. The fourth-order valence-electron chi connectivity index (χ4n) is 1.07. The van der Waals surface area contributed by atoms with E-state index in [0.29, 0.717) is 0 Å². The zero-order valence-electron chi connectivity index (χ0n) is 7.93. The van der Waals surface area contributed by atoms with Gasteiger partial charge in [-0.2, -0.15) is 0 Å². The molecule has 0 aliphatic rings. The molecule has 0 bridgehead atoms. The Morgan fingerprint density at radius 1 is 1.29 bits per heavy atom. The van der Waals surface area contributed by atoms with Crippen molar-refractivity contribution in [1.82, 2.24) is 5.32 Å². The molecule has 1 rings (SSSR count). The van der Waals surface area contributed by atoms with Crippen LogP contribution in [0, 0.1) is 0 Å². The Bertz CT molecular complexity index is 284. The van der Waals surface area contributed by atoms with Crippen LogP contribution in [0.1, 0.15) is 12.5 Å². The van der Waals surface area contributed by atoms with Crippen LogP contribution in [-0.4, -0.2) is 17.8 Å².